The molecule has 1 aromatic heterocycles. The fourth-order valence-corrected chi connectivity index (χ4v) is 3.23. The number of halogens is 1. The molecule has 0 saturated heterocycles. The third-order valence-corrected chi connectivity index (χ3v) is 4.72. The van der Waals surface area contributed by atoms with Gasteiger partial charge in [-0.25, -0.2) is 4.39 Å². The Morgan fingerprint density at radius 1 is 1.14 bits per heavy atom. The lowest BCUT2D eigenvalue weighted by molar-refractivity contribution is 0.0606. The van der Waals surface area contributed by atoms with Crippen LogP contribution in [-0.2, 0) is 19.7 Å². The third-order valence-electron chi connectivity index (χ3n) is 4.72. The second-order valence-electron chi connectivity index (χ2n) is 6.72. The zero-order valence-corrected chi connectivity index (χ0v) is 17.0. The van der Waals surface area contributed by atoms with Crippen LogP contribution in [0.1, 0.15) is 42.4 Å². The molecule has 0 fully saturated rings. The number of carbonyl (C=O) groups is 1. The van der Waals surface area contributed by atoms with Gasteiger partial charge >= 0.3 is 0 Å². The third kappa shape index (κ3) is 4.83. The molecule has 1 aliphatic heterocycles. The molecule has 5 nitrogen and oxygen atoms in total. The molecule has 0 unspecified atom stereocenters. The minimum atomic E-state index is -0.350. The summed E-state index contributed by atoms with van der Waals surface area (Å²) in [4.78, 5) is 14.6. The van der Waals surface area contributed by atoms with Crippen molar-refractivity contribution >= 4 is 5.91 Å². The zero-order valence-electron chi connectivity index (χ0n) is 17.0. The van der Waals surface area contributed by atoms with E-state index < -0.39 is 0 Å². The lowest BCUT2D eigenvalue weighted by atomic mass is 10.1. The van der Waals surface area contributed by atoms with Gasteiger partial charge in [-0.15, -0.1) is 5.10 Å². The highest BCUT2D eigenvalue weighted by atomic mass is 19.1. The smallest absolute Gasteiger partial charge is 0.254 e. The second-order valence-corrected chi connectivity index (χ2v) is 6.72. The summed E-state index contributed by atoms with van der Waals surface area (Å²) in [5.41, 5.74) is 2.48. The molecular weight excluding hydrogens is 369 g/mol. The van der Waals surface area contributed by atoms with Gasteiger partial charge in [-0.05, 0) is 36.8 Å². The number of aromatic nitrogens is 2. The number of fused-ring (bicyclic) bond motifs is 1. The summed E-state index contributed by atoms with van der Waals surface area (Å²) in [6, 6.07) is 17.4. The van der Waals surface area contributed by atoms with E-state index in [1.165, 1.54) is 24.3 Å². The number of amides is 1. The van der Waals surface area contributed by atoms with E-state index in [0.717, 1.165) is 11.3 Å². The van der Waals surface area contributed by atoms with Crippen LogP contribution in [-0.4, -0.2) is 26.6 Å². The van der Waals surface area contributed by atoms with Crippen LogP contribution >= 0.6 is 0 Å². The Hall–Kier alpha value is -3.15. The number of carbonyl (C=O) groups excluding carboxylic acids is 1. The molecule has 0 saturated carbocycles. The molecule has 3 aromatic rings. The summed E-state index contributed by atoms with van der Waals surface area (Å²) in [6.45, 7) is 7.47. The monoisotopic (exact) mass is 395 g/mol. The van der Waals surface area contributed by atoms with Crippen molar-refractivity contribution in [1.82, 2.24) is 14.7 Å². The normalized spacial score (nSPS) is 15.2. The van der Waals surface area contributed by atoms with E-state index in [-0.39, 0.29) is 17.8 Å². The molecular formula is C23H26FN3O2. The number of benzene rings is 2. The largest absolute Gasteiger partial charge is 0.472 e. The predicted octanol–water partition coefficient (Wildman–Crippen LogP) is 4.67. The van der Waals surface area contributed by atoms with E-state index in [2.05, 4.69) is 5.10 Å². The van der Waals surface area contributed by atoms with Gasteiger partial charge in [0.2, 0.25) is 5.88 Å². The van der Waals surface area contributed by atoms with Crippen LogP contribution in [0.15, 0.2) is 60.7 Å². The van der Waals surface area contributed by atoms with Crippen molar-refractivity contribution in [2.45, 2.75) is 46.5 Å². The molecule has 0 aliphatic carbocycles. The van der Waals surface area contributed by atoms with Gasteiger partial charge in [0, 0.05) is 17.7 Å². The number of rotatable bonds is 4. The quantitative estimate of drug-likeness (QED) is 0.645. The number of nitrogens with zero attached hydrogens (tertiary/aromatic N) is 3. The Bertz CT molecular complexity index is 939. The Kier molecular flexibility index (Phi) is 6.65. The first-order valence-corrected chi connectivity index (χ1v) is 9.90. The number of hydrogen-bond acceptors (Lipinski definition) is 3. The van der Waals surface area contributed by atoms with E-state index in [1.54, 1.807) is 4.90 Å². The highest BCUT2D eigenvalue weighted by Crippen LogP contribution is 2.23. The van der Waals surface area contributed by atoms with Gasteiger partial charge in [0.1, 0.15) is 12.4 Å². The summed E-state index contributed by atoms with van der Waals surface area (Å²) < 4.78 is 20.8. The van der Waals surface area contributed by atoms with Gasteiger partial charge in [0.25, 0.3) is 5.91 Å². The molecule has 2 heterocycles. The van der Waals surface area contributed by atoms with Crippen molar-refractivity contribution < 1.29 is 13.9 Å². The van der Waals surface area contributed by atoms with Crippen LogP contribution in [0.5, 0.6) is 5.88 Å². The molecule has 1 amide bonds. The average Bonchev–Trinajstić information content (AvgIpc) is 3.15. The van der Waals surface area contributed by atoms with E-state index in [0.29, 0.717) is 31.1 Å². The van der Waals surface area contributed by atoms with Crippen LogP contribution in [0.4, 0.5) is 4.39 Å². The van der Waals surface area contributed by atoms with Crippen molar-refractivity contribution in [2.75, 3.05) is 0 Å². The molecule has 0 N–H and O–H groups in total. The SMILES string of the molecule is CC.C[C@@H]1Cn2nc(OCc3ccccc3)cc2CN1C(=O)c1ccc(F)cc1. The molecule has 0 spiro atoms. The highest BCUT2D eigenvalue weighted by Gasteiger charge is 2.29. The van der Waals surface area contributed by atoms with E-state index >= 15 is 0 Å². The average molecular weight is 395 g/mol. The maximum absolute atomic E-state index is 13.1. The lowest BCUT2D eigenvalue weighted by Crippen LogP contribution is -2.44. The highest BCUT2D eigenvalue weighted by molar-refractivity contribution is 5.94. The Balaban J connectivity index is 0.00000117. The Morgan fingerprint density at radius 3 is 2.52 bits per heavy atom. The Morgan fingerprint density at radius 2 is 1.83 bits per heavy atom. The first kappa shape index (κ1) is 20.6. The minimum Gasteiger partial charge on any atom is -0.472 e. The van der Waals surface area contributed by atoms with Crippen LogP contribution in [0.3, 0.4) is 0 Å². The maximum atomic E-state index is 13.1. The molecule has 0 radical (unpaired) electrons. The molecule has 152 valence electrons. The number of ether oxygens (including phenoxy) is 1. The van der Waals surface area contributed by atoms with Crippen molar-refractivity contribution in [3.63, 3.8) is 0 Å². The first-order chi connectivity index (χ1) is 14.1. The summed E-state index contributed by atoms with van der Waals surface area (Å²) in [5, 5.41) is 4.50. The molecule has 29 heavy (non-hydrogen) atoms. The van der Waals surface area contributed by atoms with E-state index in [4.69, 9.17) is 4.74 Å². The van der Waals surface area contributed by atoms with Crippen molar-refractivity contribution in [3.8, 4) is 5.88 Å². The van der Waals surface area contributed by atoms with E-state index in [1.807, 2.05) is 61.9 Å². The van der Waals surface area contributed by atoms with Crippen LogP contribution in [0.25, 0.3) is 0 Å². The van der Waals surface area contributed by atoms with Gasteiger partial charge in [-0.3, -0.25) is 9.48 Å². The summed E-state index contributed by atoms with van der Waals surface area (Å²) >= 11 is 0. The molecule has 0 bridgehead atoms. The summed E-state index contributed by atoms with van der Waals surface area (Å²) in [6.07, 6.45) is 0. The predicted molar refractivity (Wildman–Crippen MR) is 110 cm³/mol. The fourth-order valence-electron chi connectivity index (χ4n) is 3.23. The van der Waals surface area contributed by atoms with E-state index in [9.17, 15) is 9.18 Å². The van der Waals surface area contributed by atoms with Crippen molar-refractivity contribution in [1.29, 1.82) is 0 Å². The summed E-state index contributed by atoms with van der Waals surface area (Å²) in [5.74, 6) is 0.0929. The van der Waals surface area contributed by atoms with Gasteiger partial charge in [0.05, 0.1) is 18.8 Å². The van der Waals surface area contributed by atoms with Gasteiger partial charge < -0.3 is 9.64 Å². The van der Waals surface area contributed by atoms with Crippen molar-refractivity contribution in [2.24, 2.45) is 0 Å². The molecule has 6 heteroatoms. The maximum Gasteiger partial charge on any atom is 0.254 e. The van der Waals surface area contributed by atoms with Crippen LogP contribution in [0.2, 0.25) is 0 Å². The van der Waals surface area contributed by atoms with Crippen molar-refractivity contribution in [3.05, 3.63) is 83.3 Å². The topological polar surface area (TPSA) is 47.4 Å². The number of hydrogen-bond donors (Lipinski definition) is 0. The standard InChI is InChI=1S/C21H20FN3O2.C2H6/c1-15-12-25-19(11-20(23-25)27-14-16-5-3-2-4-6-16)13-24(15)21(26)17-7-9-18(22)10-8-17;1-2/h2-11,15H,12-14H2,1H3;1-2H3/t15-;/m1./s1. The zero-order chi connectivity index (χ0) is 20.8. The van der Waals surface area contributed by atoms with Crippen LogP contribution in [0, 0.1) is 5.82 Å². The van der Waals surface area contributed by atoms with Gasteiger partial charge in [0.15, 0.2) is 0 Å². The Labute approximate surface area is 170 Å². The fraction of sp³-hybridized carbons (Fsp3) is 0.304. The summed E-state index contributed by atoms with van der Waals surface area (Å²) in [7, 11) is 0. The first-order valence-electron chi connectivity index (χ1n) is 9.90. The lowest BCUT2D eigenvalue weighted by Gasteiger charge is -2.33. The minimum absolute atomic E-state index is 0.0167. The second kappa shape index (κ2) is 9.37. The van der Waals surface area contributed by atoms with Crippen LogP contribution < -0.4 is 4.74 Å². The molecule has 4 rings (SSSR count). The van der Waals surface area contributed by atoms with Gasteiger partial charge in [-0.1, -0.05) is 44.2 Å². The molecule has 2 aromatic carbocycles. The molecule has 1 atom stereocenters. The molecule has 1 aliphatic rings. The van der Waals surface area contributed by atoms with Gasteiger partial charge in [-0.2, -0.15) is 0 Å².